The summed E-state index contributed by atoms with van der Waals surface area (Å²) in [6.07, 6.45) is 6.31. The Balaban J connectivity index is 3.38. The molecule has 0 aromatic carbocycles. The second-order valence-electron chi connectivity index (χ2n) is 2.86. The summed E-state index contributed by atoms with van der Waals surface area (Å²) in [6, 6.07) is 0. The lowest BCUT2D eigenvalue weighted by Gasteiger charge is -2.06. The van der Waals surface area contributed by atoms with Crippen molar-refractivity contribution in [3.63, 3.8) is 0 Å². The lowest BCUT2D eigenvalue weighted by atomic mass is 10.1. The van der Waals surface area contributed by atoms with Crippen molar-refractivity contribution in [3.05, 3.63) is 0 Å². The number of hydrogen-bond donors (Lipinski definition) is 2. The Hall–Kier alpha value is -1.01. The zero-order valence-corrected chi connectivity index (χ0v) is 7.47. The minimum Gasteiger partial charge on any atom is -0.345 e. The third-order valence-electron chi connectivity index (χ3n) is 1.65. The van der Waals surface area contributed by atoms with Gasteiger partial charge in [0.1, 0.15) is 0 Å². The Kier molecular flexibility index (Phi) is 6.12. The maximum Gasteiger partial charge on any atom is 0.220 e. The van der Waals surface area contributed by atoms with Crippen LogP contribution in [0.5, 0.6) is 0 Å². The van der Waals surface area contributed by atoms with Crippen LogP contribution in [0.3, 0.4) is 0 Å². The molecule has 68 valence electrons. The van der Waals surface area contributed by atoms with Crippen LogP contribution in [0.1, 0.15) is 19.8 Å². The Morgan fingerprint density at radius 3 is 2.92 bits per heavy atom. The molecule has 0 aromatic heterocycles. The summed E-state index contributed by atoms with van der Waals surface area (Å²) in [5.74, 6) is 2.76. The number of amides is 1. The van der Waals surface area contributed by atoms with E-state index in [-0.39, 0.29) is 5.91 Å². The Morgan fingerprint density at radius 1 is 1.75 bits per heavy atom. The lowest BCUT2D eigenvalue weighted by Crippen LogP contribution is -2.24. The van der Waals surface area contributed by atoms with Gasteiger partial charge in [-0.15, -0.1) is 6.42 Å². The van der Waals surface area contributed by atoms with Gasteiger partial charge in [-0.1, -0.05) is 12.8 Å². The van der Waals surface area contributed by atoms with Gasteiger partial charge in [-0.25, -0.2) is 0 Å². The molecule has 0 radical (unpaired) electrons. The SMILES string of the molecule is C#CCNC(=O)CCC(C)CN. The molecule has 0 rings (SSSR count). The highest BCUT2D eigenvalue weighted by molar-refractivity contribution is 5.76. The van der Waals surface area contributed by atoms with Crippen molar-refractivity contribution < 1.29 is 4.79 Å². The summed E-state index contributed by atoms with van der Waals surface area (Å²) >= 11 is 0. The van der Waals surface area contributed by atoms with E-state index in [4.69, 9.17) is 12.2 Å². The molecule has 12 heavy (non-hydrogen) atoms. The number of nitrogens with one attached hydrogen (secondary N) is 1. The number of nitrogens with two attached hydrogens (primary N) is 1. The molecule has 0 aliphatic heterocycles. The number of rotatable bonds is 5. The van der Waals surface area contributed by atoms with Crippen LogP contribution >= 0.6 is 0 Å². The number of terminal acetylenes is 1. The molecular formula is C9H16N2O. The summed E-state index contributed by atoms with van der Waals surface area (Å²) in [5, 5.41) is 2.60. The van der Waals surface area contributed by atoms with Gasteiger partial charge in [0.05, 0.1) is 6.54 Å². The van der Waals surface area contributed by atoms with Crippen molar-refractivity contribution in [2.45, 2.75) is 19.8 Å². The summed E-state index contributed by atoms with van der Waals surface area (Å²) in [5.41, 5.74) is 5.39. The van der Waals surface area contributed by atoms with Crippen molar-refractivity contribution in [2.24, 2.45) is 11.7 Å². The minimum atomic E-state index is 0.00764. The molecule has 3 heteroatoms. The maximum atomic E-state index is 11.0. The van der Waals surface area contributed by atoms with E-state index in [2.05, 4.69) is 11.2 Å². The standard InChI is InChI=1S/C9H16N2O/c1-3-6-11-9(12)5-4-8(2)7-10/h1,8H,4-7,10H2,2H3,(H,11,12). The Labute approximate surface area is 73.7 Å². The van der Waals surface area contributed by atoms with Crippen LogP contribution in [0, 0.1) is 18.3 Å². The lowest BCUT2D eigenvalue weighted by molar-refractivity contribution is -0.121. The molecular weight excluding hydrogens is 152 g/mol. The second-order valence-corrected chi connectivity index (χ2v) is 2.86. The van der Waals surface area contributed by atoms with Gasteiger partial charge >= 0.3 is 0 Å². The van der Waals surface area contributed by atoms with E-state index in [0.29, 0.717) is 25.4 Å². The van der Waals surface area contributed by atoms with Crippen molar-refractivity contribution in [2.75, 3.05) is 13.1 Å². The van der Waals surface area contributed by atoms with Gasteiger partial charge in [0.2, 0.25) is 5.91 Å². The summed E-state index contributed by atoms with van der Waals surface area (Å²) < 4.78 is 0. The number of carbonyl (C=O) groups excluding carboxylic acids is 1. The van der Waals surface area contributed by atoms with Gasteiger partial charge in [0, 0.05) is 6.42 Å². The summed E-state index contributed by atoms with van der Waals surface area (Å²) in [6.45, 7) is 2.96. The summed E-state index contributed by atoms with van der Waals surface area (Å²) in [4.78, 5) is 11.0. The molecule has 0 aliphatic carbocycles. The Morgan fingerprint density at radius 2 is 2.42 bits per heavy atom. The third-order valence-corrected chi connectivity index (χ3v) is 1.65. The maximum absolute atomic E-state index is 11.0. The van der Waals surface area contributed by atoms with E-state index in [1.165, 1.54) is 0 Å². The molecule has 0 aliphatic rings. The first-order chi connectivity index (χ1) is 5.70. The molecule has 1 amide bonds. The van der Waals surface area contributed by atoms with E-state index in [1.807, 2.05) is 6.92 Å². The highest BCUT2D eigenvalue weighted by Gasteiger charge is 2.03. The smallest absolute Gasteiger partial charge is 0.220 e. The molecule has 0 heterocycles. The van der Waals surface area contributed by atoms with Gasteiger partial charge in [-0.2, -0.15) is 0 Å². The van der Waals surface area contributed by atoms with Crippen LogP contribution < -0.4 is 11.1 Å². The van der Waals surface area contributed by atoms with Crippen molar-refractivity contribution in [1.82, 2.24) is 5.32 Å². The second kappa shape index (κ2) is 6.68. The molecule has 1 unspecified atom stereocenters. The number of hydrogen-bond acceptors (Lipinski definition) is 2. The summed E-state index contributed by atoms with van der Waals surface area (Å²) in [7, 11) is 0. The molecule has 0 fully saturated rings. The van der Waals surface area contributed by atoms with Crippen molar-refractivity contribution >= 4 is 5.91 Å². The van der Waals surface area contributed by atoms with Crippen molar-refractivity contribution in [3.8, 4) is 12.3 Å². The average molecular weight is 168 g/mol. The largest absolute Gasteiger partial charge is 0.345 e. The van der Waals surface area contributed by atoms with E-state index in [0.717, 1.165) is 6.42 Å². The zero-order valence-electron chi connectivity index (χ0n) is 7.47. The first-order valence-electron chi connectivity index (χ1n) is 4.11. The highest BCUT2D eigenvalue weighted by atomic mass is 16.1. The molecule has 0 saturated heterocycles. The van der Waals surface area contributed by atoms with Gasteiger partial charge in [0.25, 0.3) is 0 Å². The van der Waals surface area contributed by atoms with Gasteiger partial charge < -0.3 is 11.1 Å². The molecule has 3 nitrogen and oxygen atoms in total. The molecule has 1 atom stereocenters. The topological polar surface area (TPSA) is 55.1 Å². The van der Waals surface area contributed by atoms with Crippen LogP contribution in [-0.4, -0.2) is 19.0 Å². The molecule has 0 aromatic rings. The minimum absolute atomic E-state index is 0.00764. The third kappa shape index (κ3) is 5.75. The predicted octanol–water partition coefficient (Wildman–Crippen LogP) is 0.111. The van der Waals surface area contributed by atoms with Crippen LogP contribution in [0.25, 0.3) is 0 Å². The monoisotopic (exact) mass is 168 g/mol. The fraction of sp³-hybridized carbons (Fsp3) is 0.667. The van der Waals surface area contributed by atoms with E-state index >= 15 is 0 Å². The fourth-order valence-electron chi connectivity index (χ4n) is 0.733. The molecule has 0 spiro atoms. The van der Waals surface area contributed by atoms with E-state index < -0.39 is 0 Å². The van der Waals surface area contributed by atoms with Gasteiger partial charge in [0.15, 0.2) is 0 Å². The van der Waals surface area contributed by atoms with Crippen LogP contribution in [0.2, 0.25) is 0 Å². The van der Waals surface area contributed by atoms with Crippen LogP contribution in [0.4, 0.5) is 0 Å². The fourth-order valence-corrected chi connectivity index (χ4v) is 0.733. The molecule has 0 bridgehead atoms. The molecule has 0 saturated carbocycles. The number of carbonyl (C=O) groups is 1. The van der Waals surface area contributed by atoms with Gasteiger partial charge in [-0.3, -0.25) is 4.79 Å². The predicted molar refractivity (Wildman–Crippen MR) is 49.3 cm³/mol. The van der Waals surface area contributed by atoms with E-state index in [1.54, 1.807) is 0 Å². The van der Waals surface area contributed by atoms with E-state index in [9.17, 15) is 4.79 Å². The quantitative estimate of drug-likeness (QED) is 0.572. The first-order valence-corrected chi connectivity index (χ1v) is 4.11. The normalized spacial score (nSPS) is 11.8. The molecule has 3 N–H and O–H groups in total. The van der Waals surface area contributed by atoms with Gasteiger partial charge in [-0.05, 0) is 18.9 Å². The van der Waals surface area contributed by atoms with Crippen LogP contribution in [-0.2, 0) is 4.79 Å². The average Bonchev–Trinajstić information content (AvgIpc) is 2.10. The highest BCUT2D eigenvalue weighted by Crippen LogP contribution is 2.02. The zero-order chi connectivity index (χ0) is 9.40. The Bertz CT molecular complexity index is 172. The van der Waals surface area contributed by atoms with Crippen molar-refractivity contribution in [1.29, 1.82) is 0 Å². The van der Waals surface area contributed by atoms with Crippen LogP contribution in [0.15, 0.2) is 0 Å². The first kappa shape index (κ1) is 11.0.